The van der Waals surface area contributed by atoms with Gasteiger partial charge in [0.25, 0.3) is 5.91 Å². The van der Waals surface area contributed by atoms with Crippen LogP contribution in [0.3, 0.4) is 0 Å². The molecule has 132 valence electrons. The Labute approximate surface area is 145 Å². The third kappa shape index (κ3) is 6.91. The van der Waals surface area contributed by atoms with E-state index < -0.39 is 30.6 Å². The van der Waals surface area contributed by atoms with Gasteiger partial charge in [-0.1, -0.05) is 17.7 Å². The zero-order valence-corrected chi connectivity index (χ0v) is 14.9. The number of rotatable bonds is 8. The molecule has 7 nitrogen and oxygen atoms in total. The molecule has 1 aromatic carbocycles. The van der Waals surface area contributed by atoms with E-state index in [1.807, 2.05) is 32.2 Å². The summed E-state index contributed by atoms with van der Waals surface area (Å²) in [5, 5.41) is 5.01. The highest BCUT2D eigenvalue weighted by molar-refractivity contribution is 7.98. The molecule has 3 amide bonds. The molecule has 0 heterocycles. The minimum Gasteiger partial charge on any atom is -0.454 e. The number of esters is 1. The number of carbonyl (C=O) groups is 3. The second-order valence-corrected chi connectivity index (χ2v) is 6.30. The molecular weight excluding hydrogens is 330 g/mol. The zero-order valence-electron chi connectivity index (χ0n) is 14.0. The van der Waals surface area contributed by atoms with Crippen molar-refractivity contribution >= 4 is 35.4 Å². The van der Waals surface area contributed by atoms with Crippen LogP contribution in [0.2, 0.25) is 0 Å². The van der Waals surface area contributed by atoms with Gasteiger partial charge < -0.3 is 21.1 Å². The summed E-state index contributed by atoms with van der Waals surface area (Å²) in [6.45, 7) is 3.41. The Morgan fingerprint density at radius 1 is 1.29 bits per heavy atom. The van der Waals surface area contributed by atoms with Gasteiger partial charge in [-0.05, 0) is 43.9 Å². The molecule has 4 N–H and O–H groups in total. The molecule has 0 fully saturated rings. The largest absolute Gasteiger partial charge is 0.454 e. The Morgan fingerprint density at radius 3 is 2.58 bits per heavy atom. The van der Waals surface area contributed by atoms with E-state index in [1.54, 1.807) is 6.07 Å². The first-order valence-electron chi connectivity index (χ1n) is 7.42. The predicted molar refractivity (Wildman–Crippen MR) is 95.0 cm³/mol. The number of ether oxygens (including phenoxy) is 1. The number of urea groups is 1. The lowest BCUT2D eigenvalue weighted by atomic mass is 10.1. The summed E-state index contributed by atoms with van der Waals surface area (Å²) in [5.41, 5.74) is 7.72. The van der Waals surface area contributed by atoms with Crippen LogP contribution in [0.4, 0.5) is 10.5 Å². The molecule has 8 heteroatoms. The average Bonchev–Trinajstić information content (AvgIpc) is 2.51. The second kappa shape index (κ2) is 9.82. The normalized spacial score (nSPS) is 11.5. The van der Waals surface area contributed by atoms with E-state index in [2.05, 4.69) is 10.6 Å². The smallest absolute Gasteiger partial charge is 0.329 e. The van der Waals surface area contributed by atoms with Gasteiger partial charge in [0, 0.05) is 5.69 Å². The molecule has 0 aromatic heterocycles. The molecule has 1 atom stereocenters. The van der Waals surface area contributed by atoms with E-state index in [9.17, 15) is 14.4 Å². The highest BCUT2D eigenvalue weighted by Gasteiger charge is 2.21. The molecule has 0 saturated carbocycles. The quantitative estimate of drug-likeness (QED) is 0.615. The zero-order chi connectivity index (χ0) is 18.1. The number of thioether (sulfide) groups is 1. The van der Waals surface area contributed by atoms with Crippen molar-refractivity contribution in [3.63, 3.8) is 0 Å². The number of benzene rings is 1. The monoisotopic (exact) mass is 353 g/mol. The van der Waals surface area contributed by atoms with Gasteiger partial charge in [0.1, 0.15) is 6.04 Å². The van der Waals surface area contributed by atoms with Crippen LogP contribution in [0.5, 0.6) is 0 Å². The number of primary amides is 1. The van der Waals surface area contributed by atoms with Crippen molar-refractivity contribution in [2.75, 3.05) is 23.9 Å². The van der Waals surface area contributed by atoms with E-state index >= 15 is 0 Å². The molecule has 0 saturated heterocycles. The molecule has 0 spiro atoms. The standard InChI is InChI=1S/C16H23N3O4S/c1-10-4-5-12(11(2)8-10)18-14(20)9-23-15(21)13(6-7-24-3)19-16(17)22/h4-5,8,13H,6-7,9H2,1-3H3,(H,18,20)(H3,17,19,22)/t13-/m1/s1. The maximum absolute atomic E-state index is 12.0. The highest BCUT2D eigenvalue weighted by Crippen LogP contribution is 2.15. The van der Waals surface area contributed by atoms with Crippen LogP contribution in [0.25, 0.3) is 0 Å². The minimum absolute atomic E-state index is 0.377. The van der Waals surface area contributed by atoms with Gasteiger partial charge in [0.2, 0.25) is 0 Å². The molecule has 0 aliphatic heterocycles. The highest BCUT2D eigenvalue weighted by atomic mass is 32.2. The van der Waals surface area contributed by atoms with Crippen molar-refractivity contribution < 1.29 is 19.1 Å². The van der Waals surface area contributed by atoms with E-state index in [0.717, 1.165) is 11.1 Å². The fourth-order valence-corrected chi connectivity index (χ4v) is 2.51. The molecule has 1 aromatic rings. The molecule has 0 unspecified atom stereocenters. The second-order valence-electron chi connectivity index (χ2n) is 5.32. The summed E-state index contributed by atoms with van der Waals surface area (Å²) in [6.07, 6.45) is 2.26. The first-order valence-corrected chi connectivity index (χ1v) is 8.81. The Bertz CT molecular complexity index is 607. The maximum atomic E-state index is 12.0. The third-order valence-corrected chi connectivity index (χ3v) is 3.86. The Balaban J connectivity index is 2.54. The predicted octanol–water partition coefficient (Wildman–Crippen LogP) is 1.58. The molecule has 24 heavy (non-hydrogen) atoms. The number of nitrogens with one attached hydrogen (secondary N) is 2. The van der Waals surface area contributed by atoms with Gasteiger partial charge in [-0.2, -0.15) is 11.8 Å². The summed E-state index contributed by atoms with van der Waals surface area (Å²) in [4.78, 5) is 34.8. The van der Waals surface area contributed by atoms with Crippen molar-refractivity contribution in [1.82, 2.24) is 5.32 Å². The number of anilines is 1. The number of hydrogen-bond acceptors (Lipinski definition) is 5. The third-order valence-electron chi connectivity index (χ3n) is 3.21. The molecule has 0 aliphatic rings. The lowest BCUT2D eigenvalue weighted by Crippen LogP contribution is -2.45. The fraction of sp³-hybridized carbons (Fsp3) is 0.438. The van der Waals surface area contributed by atoms with Crippen LogP contribution in [0.1, 0.15) is 17.5 Å². The van der Waals surface area contributed by atoms with Gasteiger partial charge in [-0.25, -0.2) is 9.59 Å². The first-order chi connectivity index (χ1) is 11.3. The molecule has 1 rings (SSSR count). The lowest BCUT2D eigenvalue weighted by molar-refractivity contribution is -0.149. The topological polar surface area (TPSA) is 111 Å². The van der Waals surface area contributed by atoms with Crippen LogP contribution in [0, 0.1) is 13.8 Å². The van der Waals surface area contributed by atoms with Gasteiger partial charge in [0.15, 0.2) is 6.61 Å². The molecule has 0 radical (unpaired) electrons. The molecule has 0 bridgehead atoms. The summed E-state index contributed by atoms with van der Waals surface area (Å²) in [6, 6.07) is 3.95. The Hall–Kier alpha value is -2.22. The maximum Gasteiger partial charge on any atom is 0.329 e. The lowest BCUT2D eigenvalue weighted by Gasteiger charge is -2.16. The summed E-state index contributed by atoms with van der Waals surface area (Å²) >= 11 is 1.52. The van der Waals surface area contributed by atoms with Crippen LogP contribution in [-0.2, 0) is 14.3 Å². The van der Waals surface area contributed by atoms with Crippen molar-refractivity contribution in [2.45, 2.75) is 26.3 Å². The van der Waals surface area contributed by atoms with E-state index in [1.165, 1.54) is 11.8 Å². The van der Waals surface area contributed by atoms with Crippen molar-refractivity contribution in [1.29, 1.82) is 0 Å². The van der Waals surface area contributed by atoms with Crippen LogP contribution >= 0.6 is 11.8 Å². The van der Waals surface area contributed by atoms with Gasteiger partial charge in [0.05, 0.1) is 0 Å². The fourth-order valence-electron chi connectivity index (χ4n) is 2.03. The van der Waals surface area contributed by atoms with E-state index in [4.69, 9.17) is 10.5 Å². The number of nitrogens with two attached hydrogens (primary N) is 1. The first kappa shape index (κ1) is 19.8. The Kier molecular flexibility index (Phi) is 8.11. The van der Waals surface area contributed by atoms with Crippen molar-refractivity contribution in [2.24, 2.45) is 5.73 Å². The van der Waals surface area contributed by atoms with Crippen LogP contribution < -0.4 is 16.4 Å². The van der Waals surface area contributed by atoms with E-state index in [-0.39, 0.29) is 0 Å². The van der Waals surface area contributed by atoms with Gasteiger partial charge in [-0.3, -0.25) is 4.79 Å². The summed E-state index contributed by atoms with van der Waals surface area (Å²) in [5.74, 6) is -0.481. The number of hydrogen-bond donors (Lipinski definition) is 3. The SMILES string of the molecule is CSCC[C@@H](NC(N)=O)C(=O)OCC(=O)Nc1ccc(C)cc1C. The van der Waals surface area contributed by atoms with Crippen molar-refractivity contribution in [3.05, 3.63) is 29.3 Å². The summed E-state index contributed by atoms with van der Waals surface area (Å²) < 4.78 is 4.97. The van der Waals surface area contributed by atoms with Gasteiger partial charge >= 0.3 is 12.0 Å². The van der Waals surface area contributed by atoms with Gasteiger partial charge in [-0.15, -0.1) is 0 Å². The number of carbonyl (C=O) groups excluding carboxylic acids is 3. The average molecular weight is 353 g/mol. The number of amides is 3. The Morgan fingerprint density at radius 2 is 2.00 bits per heavy atom. The van der Waals surface area contributed by atoms with E-state index in [0.29, 0.717) is 17.9 Å². The van der Waals surface area contributed by atoms with Crippen LogP contribution in [-0.4, -0.2) is 42.6 Å². The molecule has 0 aliphatic carbocycles. The summed E-state index contributed by atoms with van der Waals surface area (Å²) in [7, 11) is 0. The van der Waals surface area contributed by atoms with Crippen molar-refractivity contribution in [3.8, 4) is 0 Å². The minimum atomic E-state index is -0.858. The number of aryl methyl sites for hydroxylation is 2. The molecular formula is C16H23N3O4S. The van der Waals surface area contributed by atoms with Crippen LogP contribution in [0.15, 0.2) is 18.2 Å².